The summed E-state index contributed by atoms with van der Waals surface area (Å²) in [6.45, 7) is 2.14. The standard InChI is InChI=1S/C18H16BrClN4O4S/c1-2-27-16(25)8-12-9-29-18(21-12)22-17(26)14-5-6-24(23-14)10-28-15-4-3-11(19)7-13(15)20/h3-7,9H,2,8,10H2,1H3,(H,21,22,26). The van der Waals surface area contributed by atoms with E-state index in [0.29, 0.717) is 28.2 Å². The van der Waals surface area contributed by atoms with E-state index < -0.39 is 5.91 Å². The molecule has 1 aromatic carbocycles. The van der Waals surface area contributed by atoms with Crippen LogP contribution in [0.2, 0.25) is 5.02 Å². The highest BCUT2D eigenvalue weighted by Crippen LogP contribution is 2.27. The maximum Gasteiger partial charge on any atom is 0.311 e. The van der Waals surface area contributed by atoms with Crippen molar-refractivity contribution in [3.63, 3.8) is 0 Å². The second-order valence-electron chi connectivity index (χ2n) is 5.67. The zero-order valence-corrected chi connectivity index (χ0v) is 18.4. The molecule has 0 atom stereocenters. The third-order valence-electron chi connectivity index (χ3n) is 3.52. The zero-order chi connectivity index (χ0) is 20.8. The van der Waals surface area contributed by atoms with E-state index in [1.807, 2.05) is 6.07 Å². The Morgan fingerprint density at radius 1 is 1.34 bits per heavy atom. The molecule has 0 saturated heterocycles. The van der Waals surface area contributed by atoms with Crippen molar-refractivity contribution in [3.8, 4) is 5.75 Å². The van der Waals surface area contributed by atoms with Gasteiger partial charge < -0.3 is 9.47 Å². The lowest BCUT2D eigenvalue weighted by Crippen LogP contribution is -2.14. The summed E-state index contributed by atoms with van der Waals surface area (Å²) in [5, 5.41) is 9.37. The van der Waals surface area contributed by atoms with E-state index in [-0.39, 0.29) is 24.8 Å². The van der Waals surface area contributed by atoms with Gasteiger partial charge in [-0.15, -0.1) is 11.3 Å². The number of hydrogen-bond acceptors (Lipinski definition) is 7. The molecule has 0 aliphatic carbocycles. The zero-order valence-electron chi connectivity index (χ0n) is 15.2. The van der Waals surface area contributed by atoms with Crippen molar-refractivity contribution >= 4 is 55.9 Å². The number of anilines is 1. The molecule has 0 aliphatic heterocycles. The maximum atomic E-state index is 12.3. The van der Waals surface area contributed by atoms with Gasteiger partial charge in [-0.25, -0.2) is 9.67 Å². The number of amides is 1. The van der Waals surface area contributed by atoms with Crippen LogP contribution in [0.25, 0.3) is 0 Å². The Bertz CT molecular complexity index is 1020. The Morgan fingerprint density at radius 3 is 2.93 bits per heavy atom. The number of ether oxygens (including phenoxy) is 2. The fourth-order valence-electron chi connectivity index (χ4n) is 2.25. The number of carbonyl (C=O) groups is 2. The first-order valence-corrected chi connectivity index (χ1v) is 10.5. The van der Waals surface area contributed by atoms with Gasteiger partial charge in [-0.3, -0.25) is 14.9 Å². The first kappa shape index (κ1) is 21.3. The number of carbonyl (C=O) groups excluding carboxylic acids is 2. The molecule has 3 aromatic rings. The second kappa shape index (κ2) is 9.86. The highest BCUT2D eigenvalue weighted by atomic mass is 79.9. The molecule has 8 nitrogen and oxygen atoms in total. The van der Waals surface area contributed by atoms with Crippen molar-refractivity contribution in [2.75, 3.05) is 11.9 Å². The number of benzene rings is 1. The number of nitrogens with zero attached hydrogens (tertiary/aromatic N) is 3. The highest BCUT2D eigenvalue weighted by molar-refractivity contribution is 9.10. The fraction of sp³-hybridized carbons (Fsp3) is 0.222. The molecule has 152 valence electrons. The van der Waals surface area contributed by atoms with Gasteiger partial charge in [0.1, 0.15) is 5.75 Å². The SMILES string of the molecule is CCOC(=O)Cc1csc(NC(=O)c2ccn(COc3ccc(Br)cc3Cl)n2)n1. The number of hydrogen-bond donors (Lipinski definition) is 1. The van der Waals surface area contributed by atoms with Gasteiger partial charge in [-0.1, -0.05) is 27.5 Å². The van der Waals surface area contributed by atoms with Gasteiger partial charge in [0.2, 0.25) is 0 Å². The molecule has 0 bridgehead atoms. The largest absolute Gasteiger partial charge is 0.470 e. The van der Waals surface area contributed by atoms with E-state index in [0.717, 1.165) is 4.47 Å². The number of esters is 1. The van der Waals surface area contributed by atoms with E-state index in [1.165, 1.54) is 16.0 Å². The van der Waals surface area contributed by atoms with Crippen LogP contribution in [0.1, 0.15) is 23.1 Å². The van der Waals surface area contributed by atoms with Crippen molar-refractivity contribution in [3.05, 3.63) is 56.7 Å². The van der Waals surface area contributed by atoms with Crippen molar-refractivity contribution < 1.29 is 19.1 Å². The summed E-state index contributed by atoms with van der Waals surface area (Å²) in [7, 11) is 0. The number of aromatic nitrogens is 3. The van der Waals surface area contributed by atoms with Crippen LogP contribution in [0, 0.1) is 0 Å². The van der Waals surface area contributed by atoms with Gasteiger partial charge in [0, 0.05) is 16.0 Å². The molecule has 0 saturated carbocycles. The van der Waals surface area contributed by atoms with E-state index in [9.17, 15) is 9.59 Å². The van der Waals surface area contributed by atoms with Gasteiger partial charge in [-0.2, -0.15) is 5.10 Å². The Labute approximate surface area is 183 Å². The minimum absolute atomic E-state index is 0.0603. The van der Waals surface area contributed by atoms with E-state index in [1.54, 1.807) is 36.7 Å². The quantitative estimate of drug-likeness (QED) is 0.468. The fourth-order valence-corrected chi connectivity index (χ4v) is 3.68. The molecule has 0 unspecified atom stereocenters. The van der Waals surface area contributed by atoms with Crippen molar-refractivity contribution in [1.29, 1.82) is 0 Å². The molecule has 0 spiro atoms. The number of rotatable bonds is 8. The Kier molecular flexibility index (Phi) is 7.24. The number of nitrogens with one attached hydrogen (secondary N) is 1. The molecule has 2 aromatic heterocycles. The summed E-state index contributed by atoms with van der Waals surface area (Å²) >= 11 is 10.7. The third-order valence-corrected chi connectivity index (χ3v) is 5.12. The minimum atomic E-state index is -0.414. The highest BCUT2D eigenvalue weighted by Gasteiger charge is 2.14. The lowest BCUT2D eigenvalue weighted by atomic mass is 10.3. The molecule has 1 amide bonds. The summed E-state index contributed by atoms with van der Waals surface area (Å²) in [4.78, 5) is 28.0. The van der Waals surface area contributed by atoms with Crippen molar-refractivity contribution in [2.45, 2.75) is 20.1 Å². The lowest BCUT2D eigenvalue weighted by molar-refractivity contribution is -0.142. The van der Waals surface area contributed by atoms with Crippen LogP contribution in [0.4, 0.5) is 5.13 Å². The van der Waals surface area contributed by atoms with Crippen LogP contribution in [-0.4, -0.2) is 33.2 Å². The molecular weight excluding hydrogens is 484 g/mol. The summed E-state index contributed by atoms with van der Waals surface area (Å²) in [5.74, 6) is -0.268. The van der Waals surface area contributed by atoms with Crippen LogP contribution in [-0.2, 0) is 22.7 Å². The molecule has 0 fully saturated rings. The van der Waals surface area contributed by atoms with E-state index >= 15 is 0 Å². The summed E-state index contributed by atoms with van der Waals surface area (Å²) < 4.78 is 12.8. The minimum Gasteiger partial charge on any atom is -0.470 e. The van der Waals surface area contributed by atoms with Crippen LogP contribution in [0.3, 0.4) is 0 Å². The summed E-state index contributed by atoms with van der Waals surface area (Å²) in [5.41, 5.74) is 0.742. The molecular formula is C18H16BrClN4O4S. The maximum absolute atomic E-state index is 12.3. The van der Waals surface area contributed by atoms with Gasteiger partial charge in [-0.05, 0) is 31.2 Å². The molecule has 0 radical (unpaired) electrons. The van der Waals surface area contributed by atoms with Gasteiger partial charge >= 0.3 is 5.97 Å². The van der Waals surface area contributed by atoms with Crippen LogP contribution < -0.4 is 10.1 Å². The molecule has 0 aliphatic rings. The average Bonchev–Trinajstić information content (AvgIpc) is 3.31. The van der Waals surface area contributed by atoms with Gasteiger partial charge in [0.05, 0.1) is 23.7 Å². The molecule has 29 heavy (non-hydrogen) atoms. The molecule has 1 N–H and O–H groups in total. The normalized spacial score (nSPS) is 10.6. The third kappa shape index (κ3) is 6.02. The van der Waals surface area contributed by atoms with Crippen LogP contribution >= 0.6 is 38.9 Å². The lowest BCUT2D eigenvalue weighted by Gasteiger charge is -2.08. The monoisotopic (exact) mass is 498 g/mol. The Hall–Kier alpha value is -2.43. The predicted molar refractivity (Wildman–Crippen MR) is 112 cm³/mol. The van der Waals surface area contributed by atoms with Crippen molar-refractivity contribution in [2.24, 2.45) is 0 Å². The molecule has 3 rings (SSSR count). The predicted octanol–water partition coefficient (Wildman–Crippen LogP) is 4.15. The molecule has 2 heterocycles. The number of thiazole rings is 1. The van der Waals surface area contributed by atoms with Gasteiger partial charge in [0.25, 0.3) is 5.91 Å². The molecule has 11 heteroatoms. The topological polar surface area (TPSA) is 95.3 Å². The Balaban J connectivity index is 1.55. The first-order valence-electron chi connectivity index (χ1n) is 8.47. The summed E-state index contributed by atoms with van der Waals surface area (Å²) in [6, 6.07) is 6.84. The van der Waals surface area contributed by atoms with E-state index in [4.69, 9.17) is 21.1 Å². The summed E-state index contributed by atoms with van der Waals surface area (Å²) in [6.07, 6.45) is 1.68. The van der Waals surface area contributed by atoms with E-state index in [2.05, 4.69) is 31.3 Å². The average molecular weight is 500 g/mol. The van der Waals surface area contributed by atoms with Crippen LogP contribution in [0.5, 0.6) is 5.75 Å². The number of halogens is 2. The second-order valence-corrected chi connectivity index (χ2v) is 7.85. The van der Waals surface area contributed by atoms with Gasteiger partial charge in [0.15, 0.2) is 17.6 Å². The van der Waals surface area contributed by atoms with Crippen molar-refractivity contribution in [1.82, 2.24) is 14.8 Å². The smallest absolute Gasteiger partial charge is 0.311 e. The Morgan fingerprint density at radius 2 is 2.17 bits per heavy atom. The van der Waals surface area contributed by atoms with Crippen LogP contribution in [0.15, 0.2) is 40.3 Å². The first-order chi connectivity index (χ1) is 13.9.